The fraction of sp³-hybridized carbons (Fsp3) is 0.333. The summed E-state index contributed by atoms with van der Waals surface area (Å²) in [4.78, 5) is 33.8. The Morgan fingerprint density at radius 1 is 1.42 bits per heavy atom. The zero-order valence-corrected chi connectivity index (χ0v) is 10.2. The highest BCUT2D eigenvalue weighted by Crippen LogP contribution is 2.18. The van der Waals surface area contributed by atoms with E-state index in [-0.39, 0.29) is 17.3 Å². The van der Waals surface area contributed by atoms with Gasteiger partial charge in [0.05, 0.1) is 5.92 Å². The van der Waals surface area contributed by atoms with Crippen LogP contribution in [0.4, 0.5) is 0 Å². The molecule has 0 aromatic carbocycles. The number of amides is 1. The molecule has 2 atom stereocenters. The Balaban J connectivity index is 2.02. The SMILES string of the molecule is Cn1nc(C(=O)NC2C=CC(C(=O)O)C2)ccc1=O. The average Bonchev–Trinajstić information content (AvgIpc) is 2.81. The molecule has 2 unspecified atom stereocenters. The van der Waals surface area contributed by atoms with E-state index in [0.717, 1.165) is 4.68 Å². The number of carboxylic acid groups (broad SMARTS) is 1. The van der Waals surface area contributed by atoms with Gasteiger partial charge in [0.15, 0.2) is 0 Å². The summed E-state index contributed by atoms with van der Waals surface area (Å²) in [6.07, 6.45) is 3.53. The number of aryl methyl sites for hydroxylation is 1. The molecule has 1 aromatic heterocycles. The van der Waals surface area contributed by atoms with E-state index in [2.05, 4.69) is 10.4 Å². The van der Waals surface area contributed by atoms with Crippen molar-refractivity contribution >= 4 is 11.9 Å². The van der Waals surface area contributed by atoms with Gasteiger partial charge in [0.25, 0.3) is 11.5 Å². The van der Waals surface area contributed by atoms with Crippen LogP contribution in [-0.2, 0) is 11.8 Å². The summed E-state index contributed by atoms with van der Waals surface area (Å²) in [5.41, 5.74) is -0.183. The highest BCUT2D eigenvalue weighted by Gasteiger charge is 2.25. The number of aliphatic carboxylic acids is 1. The van der Waals surface area contributed by atoms with Gasteiger partial charge in [0.1, 0.15) is 5.69 Å². The molecule has 0 saturated carbocycles. The minimum Gasteiger partial charge on any atom is -0.481 e. The molecule has 1 aromatic rings. The number of carboxylic acids is 1. The number of hydrogen-bond acceptors (Lipinski definition) is 4. The van der Waals surface area contributed by atoms with Gasteiger partial charge >= 0.3 is 5.97 Å². The molecule has 2 N–H and O–H groups in total. The van der Waals surface area contributed by atoms with Crippen LogP contribution in [0.15, 0.2) is 29.1 Å². The van der Waals surface area contributed by atoms with Gasteiger partial charge < -0.3 is 10.4 Å². The van der Waals surface area contributed by atoms with Crippen LogP contribution in [0.25, 0.3) is 0 Å². The summed E-state index contributed by atoms with van der Waals surface area (Å²) in [5, 5.41) is 15.3. The van der Waals surface area contributed by atoms with Crippen molar-refractivity contribution in [3.8, 4) is 0 Å². The molecular weight excluding hydrogens is 250 g/mol. The van der Waals surface area contributed by atoms with Gasteiger partial charge in [-0.15, -0.1) is 0 Å². The quantitative estimate of drug-likeness (QED) is 0.718. The van der Waals surface area contributed by atoms with Crippen LogP contribution in [0.5, 0.6) is 0 Å². The Morgan fingerprint density at radius 2 is 2.16 bits per heavy atom. The third-order valence-corrected chi connectivity index (χ3v) is 2.91. The van der Waals surface area contributed by atoms with Crippen molar-refractivity contribution in [2.24, 2.45) is 13.0 Å². The zero-order valence-electron chi connectivity index (χ0n) is 10.2. The maximum absolute atomic E-state index is 11.9. The first-order valence-electron chi connectivity index (χ1n) is 5.73. The van der Waals surface area contributed by atoms with Gasteiger partial charge in [-0.2, -0.15) is 5.10 Å². The number of carbonyl (C=O) groups is 2. The van der Waals surface area contributed by atoms with Crippen molar-refractivity contribution in [1.29, 1.82) is 0 Å². The van der Waals surface area contributed by atoms with Gasteiger partial charge in [-0.05, 0) is 12.5 Å². The van der Waals surface area contributed by atoms with E-state index in [0.29, 0.717) is 6.42 Å². The Kier molecular flexibility index (Phi) is 3.46. The molecule has 1 aliphatic carbocycles. The van der Waals surface area contributed by atoms with E-state index in [9.17, 15) is 14.4 Å². The van der Waals surface area contributed by atoms with Crippen molar-refractivity contribution in [2.75, 3.05) is 0 Å². The van der Waals surface area contributed by atoms with Gasteiger partial charge in [0, 0.05) is 19.2 Å². The van der Waals surface area contributed by atoms with Crippen LogP contribution in [-0.4, -0.2) is 32.8 Å². The van der Waals surface area contributed by atoms with E-state index in [1.165, 1.54) is 19.2 Å². The molecule has 0 radical (unpaired) electrons. The molecule has 100 valence electrons. The molecule has 0 saturated heterocycles. The normalized spacial score (nSPS) is 21.3. The first-order chi connectivity index (χ1) is 8.97. The van der Waals surface area contributed by atoms with Crippen LogP contribution in [0.3, 0.4) is 0 Å². The summed E-state index contributed by atoms with van der Waals surface area (Å²) in [5.74, 6) is -1.91. The number of hydrogen-bond donors (Lipinski definition) is 2. The van der Waals surface area contributed by atoms with Crippen LogP contribution in [0.1, 0.15) is 16.9 Å². The van der Waals surface area contributed by atoms with E-state index in [1.54, 1.807) is 12.2 Å². The van der Waals surface area contributed by atoms with Crippen molar-refractivity contribution in [1.82, 2.24) is 15.1 Å². The van der Waals surface area contributed by atoms with Crippen LogP contribution < -0.4 is 10.9 Å². The summed E-state index contributed by atoms with van der Waals surface area (Å²) in [6.45, 7) is 0. The Bertz CT molecular complexity index is 605. The summed E-state index contributed by atoms with van der Waals surface area (Å²) >= 11 is 0. The largest absolute Gasteiger partial charge is 0.481 e. The smallest absolute Gasteiger partial charge is 0.310 e. The lowest BCUT2D eigenvalue weighted by atomic mass is 10.1. The first kappa shape index (κ1) is 13.0. The molecule has 2 rings (SSSR count). The lowest BCUT2D eigenvalue weighted by Gasteiger charge is -2.11. The maximum atomic E-state index is 11.9. The third kappa shape index (κ3) is 2.87. The summed E-state index contributed by atoms with van der Waals surface area (Å²) in [6, 6.07) is 2.27. The number of carbonyl (C=O) groups excluding carboxylic acids is 1. The molecule has 0 spiro atoms. The highest BCUT2D eigenvalue weighted by atomic mass is 16.4. The highest BCUT2D eigenvalue weighted by molar-refractivity contribution is 5.92. The van der Waals surface area contributed by atoms with Crippen LogP contribution in [0.2, 0.25) is 0 Å². The van der Waals surface area contributed by atoms with E-state index in [4.69, 9.17) is 5.11 Å². The molecule has 0 aliphatic heterocycles. The second-order valence-electron chi connectivity index (χ2n) is 4.33. The molecule has 1 amide bonds. The lowest BCUT2D eigenvalue weighted by molar-refractivity contribution is -0.140. The first-order valence-corrected chi connectivity index (χ1v) is 5.73. The Hall–Kier alpha value is -2.44. The van der Waals surface area contributed by atoms with Crippen LogP contribution >= 0.6 is 0 Å². The zero-order chi connectivity index (χ0) is 14.0. The predicted octanol–water partition coefficient (Wildman–Crippen LogP) is -0.461. The average molecular weight is 263 g/mol. The van der Waals surface area contributed by atoms with Crippen molar-refractivity contribution in [2.45, 2.75) is 12.5 Å². The summed E-state index contributed by atoms with van der Waals surface area (Å²) < 4.78 is 1.07. The predicted molar refractivity (Wildman–Crippen MR) is 65.6 cm³/mol. The van der Waals surface area contributed by atoms with Crippen molar-refractivity contribution in [3.63, 3.8) is 0 Å². The number of nitrogens with one attached hydrogen (secondary N) is 1. The molecular formula is C12H13N3O4. The molecule has 7 heteroatoms. The molecule has 1 aliphatic rings. The van der Waals surface area contributed by atoms with Gasteiger partial charge in [0.2, 0.25) is 0 Å². The lowest BCUT2D eigenvalue weighted by Crippen LogP contribution is -2.35. The Labute approximate surface area is 108 Å². The fourth-order valence-electron chi connectivity index (χ4n) is 1.85. The van der Waals surface area contributed by atoms with Crippen molar-refractivity contribution in [3.05, 3.63) is 40.3 Å². The molecule has 0 fully saturated rings. The van der Waals surface area contributed by atoms with Crippen molar-refractivity contribution < 1.29 is 14.7 Å². The fourth-order valence-corrected chi connectivity index (χ4v) is 1.85. The second-order valence-corrected chi connectivity index (χ2v) is 4.33. The number of rotatable bonds is 3. The van der Waals surface area contributed by atoms with Gasteiger partial charge in [-0.3, -0.25) is 14.4 Å². The van der Waals surface area contributed by atoms with Crippen LogP contribution in [0, 0.1) is 5.92 Å². The standard InChI is InChI=1S/C12H13N3O4/c1-15-10(16)5-4-9(14-15)11(17)13-8-3-2-7(6-8)12(18)19/h2-5,7-8H,6H2,1H3,(H,13,17)(H,18,19). The molecule has 0 bridgehead atoms. The third-order valence-electron chi connectivity index (χ3n) is 2.91. The number of nitrogens with zero attached hydrogens (tertiary/aromatic N) is 2. The monoisotopic (exact) mass is 263 g/mol. The van der Waals surface area contributed by atoms with E-state index < -0.39 is 17.8 Å². The number of aromatic nitrogens is 2. The molecule has 7 nitrogen and oxygen atoms in total. The Morgan fingerprint density at radius 3 is 2.74 bits per heavy atom. The minimum atomic E-state index is -0.909. The van der Waals surface area contributed by atoms with E-state index in [1.807, 2.05) is 0 Å². The summed E-state index contributed by atoms with van der Waals surface area (Å²) in [7, 11) is 1.45. The van der Waals surface area contributed by atoms with Gasteiger partial charge in [-0.25, -0.2) is 4.68 Å². The molecule has 19 heavy (non-hydrogen) atoms. The second kappa shape index (κ2) is 5.05. The molecule has 1 heterocycles. The minimum absolute atomic E-state index is 0.120. The van der Waals surface area contributed by atoms with Gasteiger partial charge in [-0.1, -0.05) is 12.2 Å². The topological polar surface area (TPSA) is 101 Å². The van der Waals surface area contributed by atoms with E-state index >= 15 is 0 Å². The maximum Gasteiger partial charge on any atom is 0.310 e.